The van der Waals surface area contributed by atoms with Crippen LogP contribution in [0.15, 0.2) is 0 Å². The van der Waals surface area contributed by atoms with Crippen LogP contribution in [0.2, 0.25) is 0 Å². The lowest BCUT2D eigenvalue weighted by Crippen LogP contribution is -2.48. The normalized spacial score (nSPS) is 12.0. The van der Waals surface area contributed by atoms with Crippen molar-refractivity contribution < 1.29 is 5.11 Å². The Balaban J connectivity index is 3.33. The van der Waals surface area contributed by atoms with Gasteiger partial charge in [-0.2, -0.15) is 0 Å². The Kier molecular flexibility index (Phi) is 3.77. The average molecular weight is 132 g/mol. The average Bonchev–Trinajstić information content (AvgIpc) is 1.84. The zero-order valence-corrected chi connectivity index (χ0v) is 5.93. The van der Waals surface area contributed by atoms with Gasteiger partial charge in [-0.25, -0.2) is 0 Å². The van der Waals surface area contributed by atoms with E-state index in [1.165, 1.54) is 0 Å². The number of hydrogen-bond acceptors (Lipinski definition) is 3. The van der Waals surface area contributed by atoms with E-state index in [-0.39, 0.29) is 6.61 Å². The molecule has 9 heavy (non-hydrogen) atoms. The van der Waals surface area contributed by atoms with Gasteiger partial charge in [0.05, 0.1) is 5.66 Å². The molecule has 0 aliphatic carbocycles. The largest absolute Gasteiger partial charge is 0.396 e. The van der Waals surface area contributed by atoms with Crippen LogP contribution >= 0.6 is 0 Å². The minimum atomic E-state index is -0.567. The Morgan fingerprint density at radius 1 is 1.44 bits per heavy atom. The summed E-state index contributed by atoms with van der Waals surface area (Å²) in [5, 5.41) is 8.41. The molecule has 0 amide bonds. The van der Waals surface area contributed by atoms with Crippen LogP contribution in [0, 0.1) is 0 Å². The first-order chi connectivity index (χ1) is 4.12. The van der Waals surface area contributed by atoms with E-state index in [1.54, 1.807) is 0 Å². The van der Waals surface area contributed by atoms with Crippen LogP contribution in [-0.2, 0) is 0 Å². The van der Waals surface area contributed by atoms with Crippen LogP contribution in [0.4, 0.5) is 0 Å². The lowest BCUT2D eigenvalue weighted by atomic mass is 10.0. The van der Waals surface area contributed by atoms with Gasteiger partial charge in [-0.1, -0.05) is 6.92 Å². The highest BCUT2D eigenvalue weighted by Crippen LogP contribution is 2.05. The quantitative estimate of drug-likeness (QED) is 0.463. The van der Waals surface area contributed by atoms with Crippen molar-refractivity contribution in [2.75, 3.05) is 6.61 Å². The van der Waals surface area contributed by atoms with Crippen LogP contribution in [0.1, 0.15) is 26.2 Å². The molecule has 5 N–H and O–H groups in total. The van der Waals surface area contributed by atoms with E-state index in [0.717, 1.165) is 6.42 Å². The highest BCUT2D eigenvalue weighted by molar-refractivity contribution is 4.73. The summed E-state index contributed by atoms with van der Waals surface area (Å²) < 4.78 is 0. The fourth-order valence-electron chi connectivity index (χ4n) is 0.585. The minimum Gasteiger partial charge on any atom is -0.396 e. The summed E-state index contributed by atoms with van der Waals surface area (Å²) in [7, 11) is 0. The van der Waals surface area contributed by atoms with Gasteiger partial charge in [0.2, 0.25) is 0 Å². The van der Waals surface area contributed by atoms with Crippen LogP contribution in [0.5, 0.6) is 0 Å². The summed E-state index contributed by atoms with van der Waals surface area (Å²) in [6.07, 6.45) is 2.15. The maximum atomic E-state index is 8.41. The Hall–Kier alpha value is -0.120. The lowest BCUT2D eigenvalue weighted by molar-refractivity contribution is 0.259. The smallest absolute Gasteiger partial charge is 0.0634 e. The molecule has 0 saturated carbocycles. The molecule has 0 heterocycles. The van der Waals surface area contributed by atoms with Crippen molar-refractivity contribution >= 4 is 0 Å². The van der Waals surface area contributed by atoms with Crippen LogP contribution in [0.25, 0.3) is 0 Å². The highest BCUT2D eigenvalue weighted by Gasteiger charge is 2.13. The van der Waals surface area contributed by atoms with Crippen molar-refractivity contribution in [1.29, 1.82) is 0 Å². The second kappa shape index (κ2) is 3.82. The Morgan fingerprint density at radius 3 is 2.33 bits per heavy atom. The summed E-state index contributed by atoms with van der Waals surface area (Å²) >= 11 is 0. The SMILES string of the molecule is CCC(N)(N)CCCO. The van der Waals surface area contributed by atoms with E-state index in [2.05, 4.69) is 0 Å². The van der Waals surface area contributed by atoms with E-state index in [4.69, 9.17) is 16.6 Å². The van der Waals surface area contributed by atoms with E-state index < -0.39 is 5.66 Å². The standard InChI is InChI=1S/C6H16N2O/c1-2-6(7,8)4-3-5-9/h9H,2-5,7-8H2,1H3. The minimum absolute atomic E-state index is 0.177. The molecule has 0 aliphatic rings. The maximum absolute atomic E-state index is 8.41. The fourth-order valence-corrected chi connectivity index (χ4v) is 0.585. The number of nitrogens with two attached hydrogens (primary N) is 2. The van der Waals surface area contributed by atoms with Gasteiger partial charge in [0.15, 0.2) is 0 Å². The predicted octanol–water partition coefficient (Wildman–Crippen LogP) is -0.217. The second-order valence-electron chi connectivity index (χ2n) is 2.41. The third-order valence-electron chi connectivity index (χ3n) is 1.46. The van der Waals surface area contributed by atoms with E-state index in [9.17, 15) is 0 Å². The highest BCUT2D eigenvalue weighted by atomic mass is 16.2. The van der Waals surface area contributed by atoms with Gasteiger partial charge in [0, 0.05) is 6.61 Å². The first-order valence-electron chi connectivity index (χ1n) is 3.31. The van der Waals surface area contributed by atoms with Gasteiger partial charge in [0.25, 0.3) is 0 Å². The lowest BCUT2D eigenvalue weighted by Gasteiger charge is -2.21. The van der Waals surface area contributed by atoms with Gasteiger partial charge in [0.1, 0.15) is 0 Å². The van der Waals surface area contributed by atoms with Crippen LogP contribution < -0.4 is 11.5 Å². The van der Waals surface area contributed by atoms with Crippen molar-refractivity contribution in [2.45, 2.75) is 31.8 Å². The van der Waals surface area contributed by atoms with Crippen molar-refractivity contribution in [3.05, 3.63) is 0 Å². The van der Waals surface area contributed by atoms with Crippen molar-refractivity contribution in [1.82, 2.24) is 0 Å². The topological polar surface area (TPSA) is 72.3 Å². The van der Waals surface area contributed by atoms with Crippen molar-refractivity contribution in [3.63, 3.8) is 0 Å². The maximum Gasteiger partial charge on any atom is 0.0634 e. The zero-order chi connectivity index (χ0) is 7.33. The molecule has 0 aromatic carbocycles. The second-order valence-corrected chi connectivity index (χ2v) is 2.41. The zero-order valence-electron chi connectivity index (χ0n) is 5.93. The first-order valence-corrected chi connectivity index (χ1v) is 3.31. The monoisotopic (exact) mass is 132 g/mol. The van der Waals surface area contributed by atoms with E-state index in [0.29, 0.717) is 12.8 Å². The molecule has 3 nitrogen and oxygen atoms in total. The summed E-state index contributed by atoms with van der Waals surface area (Å²) in [6, 6.07) is 0. The summed E-state index contributed by atoms with van der Waals surface area (Å²) in [5.74, 6) is 0. The Bertz CT molecular complexity index is 73.5. The summed E-state index contributed by atoms with van der Waals surface area (Å²) in [4.78, 5) is 0. The molecule has 0 atom stereocenters. The molecular formula is C6H16N2O. The predicted molar refractivity (Wildman–Crippen MR) is 37.7 cm³/mol. The molecule has 0 bridgehead atoms. The number of hydrogen-bond donors (Lipinski definition) is 3. The number of aliphatic hydroxyl groups is 1. The molecule has 0 unspecified atom stereocenters. The molecule has 0 spiro atoms. The van der Waals surface area contributed by atoms with Crippen molar-refractivity contribution in [3.8, 4) is 0 Å². The van der Waals surface area contributed by atoms with Gasteiger partial charge in [-0.05, 0) is 19.3 Å². The molecule has 0 saturated heterocycles. The molecular weight excluding hydrogens is 116 g/mol. The Labute approximate surface area is 56.0 Å². The molecule has 0 fully saturated rings. The molecule has 0 rings (SSSR count). The fraction of sp³-hybridized carbons (Fsp3) is 1.00. The molecule has 0 radical (unpaired) electrons. The van der Waals surface area contributed by atoms with E-state index in [1.807, 2.05) is 6.92 Å². The van der Waals surface area contributed by atoms with E-state index >= 15 is 0 Å². The first kappa shape index (κ1) is 8.88. The summed E-state index contributed by atoms with van der Waals surface area (Å²) in [6.45, 7) is 2.12. The van der Waals surface area contributed by atoms with Crippen LogP contribution in [-0.4, -0.2) is 17.4 Å². The van der Waals surface area contributed by atoms with Gasteiger partial charge >= 0.3 is 0 Å². The molecule has 0 aromatic heterocycles. The van der Waals surface area contributed by atoms with Crippen molar-refractivity contribution in [2.24, 2.45) is 11.5 Å². The third-order valence-corrected chi connectivity index (χ3v) is 1.46. The van der Waals surface area contributed by atoms with Gasteiger partial charge < -0.3 is 16.6 Å². The van der Waals surface area contributed by atoms with Gasteiger partial charge in [-0.3, -0.25) is 0 Å². The molecule has 0 aromatic rings. The molecule has 3 heteroatoms. The summed E-state index contributed by atoms with van der Waals surface area (Å²) in [5.41, 5.74) is 10.6. The van der Waals surface area contributed by atoms with Gasteiger partial charge in [-0.15, -0.1) is 0 Å². The Morgan fingerprint density at radius 2 is 2.00 bits per heavy atom. The molecule has 56 valence electrons. The van der Waals surface area contributed by atoms with Crippen LogP contribution in [0.3, 0.4) is 0 Å². The number of rotatable bonds is 4. The number of aliphatic hydroxyl groups excluding tert-OH is 1. The molecule has 0 aliphatic heterocycles. The third kappa shape index (κ3) is 4.39.